The Labute approximate surface area is 82.9 Å². The Bertz CT molecular complexity index is 152. The van der Waals surface area contributed by atoms with Gasteiger partial charge in [-0.3, -0.25) is 4.79 Å². The predicted octanol–water partition coefficient (Wildman–Crippen LogP) is 0.117. The topological polar surface area (TPSA) is 60.8 Å². The average Bonchev–Trinajstić information content (AvgIpc) is 1.96. The van der Waals surface area contributed by atoms with Crippen LogP contribution in [0.4, 0.5) is 0 Å². The van der Waals surface area contributed by atoms with E-state index < -0.39 is 12.1 Å². The molecule has 4 nitrogen and oxygen atoms in total. The van der Waals surface area contributed by atoms with Crippen LogP contribution in [-0.4, -0.2) is 59.3 Å². The summed E-state index contributed by atoms with van der Waals surface area (Å²) in [6.07, 6.45) is -0.876. The van der Waals surface area contributed by atoms with E-state index in [-0.39, 0.29) is 6.42 Å². The summed E-state index contributed by atoms with van der Waals surface area (Å²) < 4.78 is 0. The number of carboxylic acid groups (broad SMARTS) is 1. The van der Waals surface area contributed by atoms with Crippen molar-refractivity contribution in [2.45, 2.75) is 12.5 Å². The highest BCUT2D eigenvalue weighted by Gasteiger charge is 2.08. The van der Waals surface area contributed by atoms with E-state index in [4.69, 9.17) is 10.2 Å². The molecular formula is C8H17NO3S. The van der Waals surface area contributed by atoms with E-state index in [2.05, 4.69) is 4.90 Å². The van der Waals surface area contributed by atoms with E-state index in [0.717, 1.165) is 12.3 Å². The quantitative estimate of drug-likeness (QED) is 0.581. The van der Waals surface area contributed by atoms with Gasteiger partial charge >= 0.3 is 5.97 Å². The molecule has 0 radical (unpaired) electrons. The number of carbonyl (C=O) groups is 1. The van der Waals surface area contributed by atoms with Crippen LogP contribution in [0.1, 0.15) is 6.42 Å². The first-order valence-electron chi connectivity index (χ1n) is 4.14. The number of nitrogens with zero attached hydrogens (tertiary/aromatic N) is 1. The van der Waals surface area contributed by atoms with Crippen LogP contribution in [0.2, 0.25) is 0 Å². The van der Waals surface area contributed by atoms with Gasteiger partial charge in [0.05, 0.1) is 12.5 Å². The van der Waals surface area contributed by atoms with Gasteiger partial charge in [0.15, 0.2) is 0 Å². The molecule has 1 unspecified atom stereocenters. The van der Waals surface area contributed by atoms with Crippen molar-refractivity contribution in [3.05, 3.63) is 0 Å². The van der Waals surface area contributed by atoms with E-state index >= 15 is 0 Å². The third-order valence-electron chi connectivity index (χ3n) is 1.40. The van der Waals surface area contributed by atoms with E-state index in [1.165, 1.54) is 0 Å². The Kier molecular flexibility index (Phi) is 7.03. The van der Waals surface area contributed by atoms with Crippen molar-refractivity contribution in [1.29, 1.82) is 0 Å². The maximum atomic E-state index is 10.2. The number of hydrogen-bond donors (Lipinski definition) is 2. The molecule has 0 aromatic carbocycles. The normalized spacial score (nSPS) is 13.2. The van der Waals surface area contributed by atoms with Gasteiger partial charge in [0, 0.05) is 18.1 Å². The molecule has 0 aromatic rings. The molecule has 0 aliphatic rings. The van der Waals surface area contributed by atoms with E-state index in [1.54, 1.807) is 11.8 Å². The molecule has 0 fully saturated rings. The molecule has 0 saturated heterocycles. The Morgan fingerprint density at radius 1 is 1.54 bits per heavy atom. The molecule has 0 aliphatic carbocycles. The summed E-state index contributed by atoms with van der Waals surface area (Å²) in [5.74, 6) is 0.477. The molecule has 2 N–H and O–H groups in total. The smallest absolute Gasteiger partial charge is 0.306 e. The fourth-order valence-electron chi connectivity index (χ4n) is 0.727. The number of aliphatic carboxylic acids is 1. The molecule has 1 atom stereocenters. The van der Waals surface area contributed by atoms with Gasteiger partial charge in [0.2, 0.25) is 0 Å². The van der Waals surface area contributed by atoms with Crippen LogP contribution in [0.3, 0.4) is 0 Å². The van der Waals surface area contributed by atoms with Gasteiger partial charge in [-0.2, -0.15) is 11.8 Å². The van der Waals surface area contributed by atoms with Gasteiger partial charge in [-0.25, -0.2) is 0 Å². The largest absolute Gasteiger partial charge is 0.481 e. The molecule has 0 heterocycles. The maximum absolute atomic E-state index is 10.2. The van der Waals surface area contributed by atoms with Gasteiger partial charge in [-0.1, -0.05) is 0 Å². The number of thioether (sulfide) groups is 1. The number of rotatable bonds is 7. The summed E-state index contributed by atoms with van der Waals surface area (Å²) in [4.78, 5) is 12.2. The first-order valence-corrected chi connectivity index (χ1v) is 5.30. The molecule has 0 bridgehead atoms. The van der Waals surface area contributed by atoms with Crippen LogP contribution in [0, 0.1) is 0 Å². The summed E-state index contributed by atoms with van der Waals surface area (Å²) in [6, 6.07) is 0. The van der Waals surface area contributed by atoms with Crippen molar-refractivity contribution >= 4 is 17.7 Å². The number of aliphatic hydroxyl groups is 1. The minimum atomic E-state index is -0.944. The summed E-state index contributed by atoms with van der Waals surface area (Å²) in [5, 5.41) is 17.5. The summed E-state index contributed by atoms with van der Waals surface area (Å²) in [5.41, 5.74) is 0. The first kappa shape index (κ1) is 12.7. The highest BCUT2D eigenvalue weighted by atomic mass is 32.2. The second-order valence-electron chi connectivity index (χ2n) is 3.13. The first-order chi connectivity index (χ1) is 6.02. The lowest BCUT2D eigenvalue weighted by Gasteiger charge is -2.10. The molecule has 0 saturated carbocycles. The molecule has 78 valence electrons. The third-order valence-corrected chi connectivity index (χ3v) is 2.50. The van der Waals surface area contributed by atoms with Crippen LogP contribution in [0.25, 0.3) is 0 Å². The highest BCUT2D eigenvalue weighted by Crippen LogP contribution is 2.05. The van der Waals surface area contributed by atoms with Crippen LogP contribution >= 0.6 is 11.8 Å². The molecule has 0 rings (SSSR count). The molecule has 0 aliphatic heterocycles. The van der Waals surface area contributed by atoms with Gasteiger partial charge in [0.25, 0.3) is 0 Å². The zero-order valence-electron chi connectivity index (χ0n) is 8.06. The maximum Gasteiger partial charge on any atom is 0.306 e. The molecular weight excluding hydrogens is 190 g/mol. The van der Waals surface area contributed by atoms with Gasteiger partial charge in [0.1, 0.15) is 0 Å². The van der Waals surface area contributed by atoms with Crippen molar-refractivity contribution in [2.24, 2.45) is 0 Å². The second-order valence-corrected chi connectivity index (χ2v) is 4.28. The Balaban J connectivity index is 3.26. The number of hydrogen-bond acceptors (Lipinski definition) is 4. The minimum Gasteiger partial charge on any atom is -0.481 e. The van der Waals surface area contributed by atoms with Crippen molar-refractivity contribution in [2.75, 3.05) is 32.1 Å². The molecule has 0 aromatic heterocycles. The predicted molar refractivity (Wildman–Crippen MR) is 54.1 cm³/mol. The van der Waals surface area contributed by atoms with Crippen LogP contribution in [0.5, 0.6) is 0 Å². The fourth-order valence-corrected chi connectivity index (χ4v) is 1.78. The van der Waals surface area contributed by atoms with Crippen molar-refractivity contribution in [1.82, 2.24) is 4.90 Å². The zero-order chi connectivity index (χ0) is 10.3. The van der Waals surface area contributed by atoms with Crippen molar-refractivity contribution < 1.29 is 15.0 Å². The van der Waals surface area contributed by atoms with Gasteiger partial charge in [-0.05, 0) is 14.1 Å². The molecule has 13 heavy (non-hydrogen) atoms. The van der Waals surface area contributed by atoms with Crippen molar-refractivity contribution in [3.8, 4) is 0 Å². The number of carboxylic acids is 1. The SMILES string of the molecule is CN(C)CCSCC(O)CC(=O)O. The Hall–Kier alpha value is -0.260. The Morgan fingerprint density at radius 3 is 2.62 bits per heavy atom. The molecule has 0 spiro atoms. The third kappa shape index (κ3) is 9.66. The van der Waals surface area contributed by atoms with Crippen LogP contribution in [-0.2, 0) is 4.79 Å². The summed E-state index contributed by atoms with van der Waals surface area (Å²) in [7, 11) is 3.96. The van der Waals surface area contributed by atoms with E-state index in [9.17, 15) is 4.79 Å². The minimum absolute atomic E-state index is 0.158. The second kappa shape index (κ2) is 7.17. The van der Waals surface area contributed by atoms with Crippen LogP contribution < -0.4 is 0 Å². The Morgan fingerprint density at radius 2 is 2.15 bits per heavy atom. The monoisotopic (exact) mass is 207 g/mol. The summed E-state index contributed by atoms with van der Waals surface area (Å²) in [6.45, 7) is 0.949. The fraction of sp³-hybridized carbons (Fsp3) is 0.875. The lowest BCUT2D eigenvalue weighted by molar-refractivity contribution is -0.138. The summed E-state index contributed by atoms with van der Waals surface area (Å²) >= 11 is 1.58. The lowest BCUT2D eigenvalue weighted by atomic mass is 10.3. The van der Waals surface area contributed by atoms with Crippen molar-refractivity contribution in [3.63, 3.8) is 0 Å². The highest BCUT2D eigenvalue weighted by molar-refractivity contribution is 7.99. The standard InChI is InChI=1S/C8H17NO3S/c1-9(2)3-4-13-6-7(10)5-8(11)12/h7,10H,3-6H2,1-2H3,(H,11,12). The lowest BCUT2D eigenvalue weighted by Crippen LogP contribution is -2.18. The molecule has 0 amide bonds. The zero-order valence-corrected chi connectivity index (χ0v) is 8.88. The van der Waals surface area contributed by atoms with E-state index in [0.29, 0.717) is 5.75 Å². The van der Waals surface area contributed by atoms with E-state index in [1.807, 2.05) is 14.1 Å². The van der Waals surface area contributed by atoms with Gasteiger partial charge < -0.3 is 15.1 Å². The molecule has 5 heteroatoms. The van der Waals surface area contributed by atoms with Crippen LogP contribution in [0.15, 0.2) is 0 Å². The average molecular weight is 207 g/mol. The van der Waals surface area contributed by atoms with Gasteiger partial charge in [-0.15, -0.1) is 0 Å². The number of aliphatic hydroxyl groups excluding tert-OH is 1.